The molecule has 1 saturated heterocycles. The van der Waals surface area contributed by atoms with E-state index in [1.807, 2.05) is 79.4 Å². The van der Waals surface area contributed by atoms with Crippen LogP contribution in [0.15, 0.2) is 84.9 Å². The second-order valence-corrected chi connectivity index (χ2v) is 9.79. The van der Waals surface area contributed by atoms with E-state index in [9.17, 15) is 9.59 Å². The minimum atomic E-state index is -0.185. The molecule has 1 heterocycles. The van der Waals surface area contributed by atoms with Crippen molar-refractivity contribution in [3.63, 3.8) is 0 Å². The van der Waals surface area contributed by atoms with E-state index in [1.165, 1.54) is 5.56 Å². The van der Waals surface area contributed by atoms with E-state index in [4.69, 9.17) is 0 Å². The third-order valence-corrected chi connectivity index (χ3v) is 7.30. The average Bonchev–Trinajstić information content (AvgIpc) is 2.91. The van der Waals surface area contributed by atoms with Gasteiger partial charge in [0.1, 0.15) is 0 Å². The Hall–Kier alpha value is -3.60. The summed E-state index contributed by atoms with van der Waals surface area (Å²) in [6.07, 6.45) is 3.45. The van der Waals surface area contributed by atoms with Crippen molar-refractivity contribution in [1.82, 2.24) is 9.80 Å². The molecule has 1 N–H and O–H groups in total. The Morgan fingerprint density at radius 2 is 1.53 bits per heavy atom. The number of likely N-dealkylation sites (tertiary alicyclic amines) is 1. The molecule has 0 aliphatic carbocycles. The van der Waals surface area contributed by atoms with Crippen LogP contribution in [0.25, 0.3) is 0 Å². The van der Waals surface area contributed by atoms with Gasteiger partial charge in [-0.15, -0.1) is 0 Å². The molecule has 0 radical (unpaired) electrons. The van der Waals surface area contributed by atoms with Gasteiger partial charge in [0.2, 0.25) is 5.91 Å². The molecule has 5 heteroatoms. The molecule has 1 atom stereocenters. The first-order valence-electron chi connectivity index (χ1n) is 13.0. The molecule has 3 aromatic rings. The van der Waals surface area contributed by atoms with Crippen molar-refractivity contribution < 1.29 is 9.59 Å². The lowest BCUT2D eigenvalue weighted by molar-refractivity contribution is -0.132. The van der Waals surface area contributed by atoms with Gasteiger partial charge in [-0.3, -0.25) is 4.79 Å². The van der Waals surface area contributed by atoms with E-state index in [-0.39, 0.29) is 18.0 Å². The van der Waals surface area contributed by atoms with E-state index in [2.05, 4.69) is 29.6 Å². The fourth-order valence-electron chi connectivity index (χ4n) is 4.99. The van der Waals surface area contributed by atoms with Crippen molar-refractivity contribution in [3.05, 3.63) is 102 Å². The van der Waals surface area contributed by atoms with E-state index in [1.54, 1.807) is 4.90 Å². The van der Waals surface area contributed by atoms with Crippen LogP contribution < -0.4 is 5.32 Å². The maximum atomic E-state index is 13.4. The largest absolute Gasteiger partial charge is 0.343 e. The van der Waals surface area contributed by atoms with Crippen molar-refractivity contribution in [3.8, 4) is 0 Å². The molecule has 1 aliphatic rings. The first kappa shape index (κ1) is 25.5. The second kappa shape index (κ2) is 12.4. The fraction of sp³-hybridized carbons (Fsp3) is 0.355. The number of amides is 3. The van der Waals surface area contributed by atoms with E-state index in [0.717, 1.165) is 49.2 Å². The number of nitrogens with one attached hydrogen (secondary N) is 1. The van der Waals surface area contributed by atoms with Crippen molar-refractivity contribution in [2.75, 3.05) is 25.0 Å². The maximum absolute atomic E-state index is 13.4. The Kier molecular flexibility index (Phi) is 8.77. The molecule has 0 spiro atoms. The number of nitrogens with zero attached hydrogens (tertiary/aromatic N) is 2. The first-order valence-corrected chi connectivity index (χ1v) is 13.0. The molecule has 3 amide bonds. The van der Waals surface area contributed by atoms with Gasteiger partial charge < -0.3 is 15.1 Å². The number of aryl methyl sites for hydroxylation is 1. The topological polar surface area (TPSA) is 52.7 Å². The van der Waals surface area contributed by atoms with Crippen LogP contribution in [0.1, 0.15) is 48.9 Å². The quantitative estimate of drug-likeness (QED) is 0.400. The molecule has 0 aromatic heterocycles. The third kappa shape index (κ3) is 6.75. The number of rotatable bonds is 8. The maximum Gasteiger partial charge on any atom is 0.322 e. The second-order valence-electron chi connectivity index (χ2n) is 9.79. The molecule has 0 bridgehead atoms. The highest BCUT2D eigenvalue weighted by molar-refractivity contribution is 5.90. The van der Waals surface area contributed by atoms with Gasteiger partial charge in [0.25, 0.3) is 0 Å². The van der Waals surface area contributed by atoms with Crippen LogP contribution in [-0.2, 0) is 11.2 Å². The number of hydrogen-bond donors (Lipinski definition) is 1. The summed E-state index contributed by atoms with van der Waals surface area (Å²) in [6, 6.07) is 28.0. The van der Waals surface area contributed by atoms with Gasteiger partial charge in [-0.05, 0) is 61.8 Å². The third-order valence-electron chi connectivity index (χ3n) is 7.30. The molecule has 0 saturated carbocycles. The number of carbonyl (C=O) groups is 2. The molecule has 1 aliphatic heterocycles. The lowest BCUT2D eigenvalue weighted by Crippen LogP contribution is -2.43. The van der Waals surface area contributed by atoms with Gasteiger partial charge in [0.15, 0.2) is 0 Å². The van der Waals surface area contributed by atoms with Crippen LogP contribution in [0.4, 0.5) is 10.5 Å². The van der Waals surface area contributed by atoms with E-state index in [0.29, 0.717) is 18.9 Å². The molecular formula is C31H37N3O2. The number of urea groups is 1. The number of anilines is 1. The van der Waals surface area contributed by atoms with Gasteiger partial charge in [-0.25, -0.2) is 4.79 Å². The molecule has 3 aromatic carbocycles. The van der Waals surface area contributed by atoms with Gasteiger partial charge >= 0.3 is 6.03 Å². The minimum Gasteiger partial charge on any atom is -0.343 e. The fourth-order valence-corrected chi connectivity index (χ4v) is 4.99. The van der Waals surface area contributed by atoms with Crippen molar-refractivity contribution in [2.24, 2.45) is 5.92 Å². The number of hydrogen-bond acceptors (Lipinski definition) is 2. The summed E-state index contributed by atoms with van der Waals surface area (Å²) in [6.45, 7) is 5.95. The molecule has 188 valence electrons. The van der Waals surface area contributed by atoms with Crippen LogP contribution in [0.2, 0.25) is 0 Å². The lowest BCUT2D eigenvalue weighted by atomic mass is 9.90. The molecule has 5 nitrogen and oxygen atoms in total. The number of benzene rings is 3. The Bertz CT molecular complexity index is 1120. The summed E-state index contributed by atoms with van der Waals surface area (Å²) >= 11 is 0. The standard InChI is InChI=1S/C31H37N3O2/c1-24-11-9-10-16-29(24)32-31(36)34(25(2)28-14-7-4-8-15-28)22-19-30(35)33-20-17-27(18-21-33)23-26-12-5-3-6-13-26/h3-16,25,27H,17-23H2,1-2H3,(H,32,36). The highest BCUT2D eigenvalue weighted by atomic mass is 16.2. The van der Waals surface area contributed by atoms with Crippen LogP contribution >= 0.6 is 0 Å². The predicted molar refractivity (Wildman–Crippen MR) is 146 cm³/mol. The highest BCUT2D eigenvalue weighted by Crippen LogP contribution is 2.25. The molecule has 1 fully saturated rings. The van der Waals surface area contributed by atoms with Gasteiger partial charge in [-0.1, -0.05) is 78.9 Å². The summed E-state index contributed by atoms with van der Waals surface area (Å²) in [5, 5.41) is 3.06. The number of para-hydroxylation sites is 1. The Morgan fingerprint density at radius 3 is 2.19 bits per heavy atom. The number of piperidine rings is 1. The van der Waals surface area contributed by atoms with Crippen molar-refractivity contribution in [1.29, 1.82) is 0 Å². The van der Waals surface area contributed by atoms with Crippen LogP contribution in [-0.4, -0.2) is 41.4 Å². The zero-order valence-corrected chi connectivity index (χ0v) is 21.4. The van der Waals surface area contributed by atoms with Crippen molar-refractivity contribution >= 4 is 17.6 Å². The van der Waals surface area contributed by atoms with Crippen LogP contribution in [0, 0.1) is 12.8 Å². The van der Waals surface area contributed by atoms with Crippen LogP contribution in [0.5, 0.6) is 0 Å². The monoisotopic (exact) mass is 483 g/mol. The van der Waals surface area contributed by atoms with E-state index >= 15 is 0 Å². The number of carbonyl (C=O) groups excluding carboxylic acids is 2. The molecule has 36 heavy (non-hydrogen) atoms. The summed E-state index contributed by atoms with van der Waals surface area (Å²) in [5.74, 6) is 0.744. The Labute approximate surface area is 215 Å². The normalized spacial score (nSPS) is 14.8. The van der Waals surface area contributed by atoms with Crippen LogP contribution in [0.3, 0.4) is 0 Å². The SMILES string of the molecule is Cc1ccccc1NC(=O)N(CCC(=O)N1CCC(Cc2ccccc2)CC1)C(C)c1ccccc1. The van der Waals surface area contributed by atoms with Gasteiger partial charge in [0.05, 0.1) is 6.04 Å². The minimum absolute atomic E-state index is 0.127. The smallest absolute Gasteiger partial charge is 0.322 e. The predicted octanol–water partition coefficient (Wildman–Crippen LogP) is 6.46. The summed E-state index contributed by atoms with van der Waals surface area (Å²) in [5.41, 5.74) is 4.21. The van der Waals surface area contributed by atoms with Crippen molar-refractivity contribution in [2.45, 2.75) is 45.6 Å². The van der Waals surface area contributed by atoms with Gasteiger partial charge in [0, 0.05) is 31.7 Å². The van der Waals surface area contributed by atoms with Gasteiger partial charge in [-0.2, -0.15) is 0 Å². The molecular weight excluding hydrogens is 446 g/mol. The zero-order valence-electron chi connectivity index (χ0n) is 21.4. The zero-order chi connectivity index (χ0) is 25.3. The summed E-state index contributed by atoms with van der Waals surface area (Å²) < 4.78 is 0. The molecule has 1 unspecified atom stereocenters. The average molecular weight is 484 g/mol. The Balaban J connectivity index is 1.36. The summed E-state index contributed by atoms with van der Waals surface area (Å²) in [7, 11) is 0. The lowest BCUT2D eigenvalue weighted by Gasteiger charge is -2.34. The summed E-state index contributed by atoms with van der Waals surface area (Å²) in [4.78, 5) is 30.3. The van der Waals surface area contributed by atoms with E-state index < -0.39 is 0 Å². The highest BCUT2D eigenvalue weighted by Gasteiger charge is 2.26. The molecule has 4 rings (SSSR count). The first-order chi connectivity index (χ1) is 17.5. The Morgan fingerprint density at radius 1 is 0.917 bits per heavy atom.